The van der Waals surface area contributed by atoms with Gasteiger partial charge in [0.05, 0.1) is 16.6 Å². The summed E-state index contributed by atoms with van der Waals surface area (Å²) >= 11 is 0. The van der Waals surface area contributed by atoms with E-state index in [0.29, 0.717) is 37.4 Å². The van der Waals surface area contributed by atoms with Crippen LogP contribution in [0, 0.1) is 21.4 Å². The summed E-state index contributed by atoms with van der Waals surface area (Å²) < 4.78 is 5.32. The van der Waals surface area contributed by atoms with Gasteiger partial charge in [-0.15, -0.1) is 0 Å². The van der Waals surface area contributed by atoms with Gasteiger partial charge in [0.1, 0.15) is 12.3 Å². The van der Waals surface area contributed by atoms with Crippen LogP contribution in [0.3, 0.4) is 0 Å². The van der Waals surface area contributed by atoms with Gasteiger partial charge in [-0.25, -0.2) is 4.79 Å². The zero-order chi connectivity index (χ0) is 19.2. The van der Waals surface area contributed by atoms with Crippen molar-refractivity contribution in [3.05, 3.63) is 69.8 Å². The van der Waals surface area contributed by atoms with Crippen LogP contribution in [0.25, 0.3) is 0 Å². The highest BCUT2D eigenvalue weighted by Crippen LogP contribution is 2.30. The smallest absolute Gasteiger partial charge is 0.410 e. The molecule has 2 aromatic rings. The maximum atomic E-state index is 12.2. The van der Waals surface area contributed by atoms with Crippen LogP contribution in [0.5, 0.6) is 0 Å². The van der Waals surface area contributed by atoms with Crippen molar-refractivity contribution < 1.29 is 14.5 Å². The molecule has 3 rings (SSSR count). The summed E-state index contributed by atoms with van der Waals surface area (Å²) in [5, 5.41) is 20.3. The number of nitro benzene ring substituents is 1. The number of rotatable bonds is 4. The molecule has 1 fully saturated rings. The first kappa shape index (κ1) is 18.2. The molecule has 8 heteroatoms. The highest BCUT2D eigenvalue weighted by atomic mass is 16.6. The van der Waals surface area contributed by atoms with Crippen LogP contribution in [0.4, 0.5) is 16.2 Å². The van der Waals surface area contributed by atoms with Crippen LogP contribution in [0.2, 0.25) is 0 Å². The minimum Gasteiger partial charge on any atom is -0.445 e. The molecule has 2 aromatic carbocycles. The van der Waals surface area contributed by atoms with E-state index >= 15 is 0 Å². The lowest BCUT2D eigenvalue weighted by Crippen LogP contribution is -2.49. The van der Waals surface area contributed by atoms with Crippen molar-refractivity contribution in [2.45, 2.75) is 6.61 Å². The minimum absolute atomic E-state index is 0.0471. The molecule has 0 aliphatic carbocycles. The van der Waals surface area contributed by atoms with Crippen LogP contribution in [-0.4, -0.2) is 42.1 Å². The number of benzene rings is 2. The van der Waals surface area contributed by atoms with Gasteiger partial charge in [-0.05, 0) is 17.7 Å². The number of piperazine rings is 1. The standard InChI is InChI=1S/C19H18N4O4/c20-13-16-6-7-17(23(25)26)18(12-16)21-8-10-22(11-9-21)19(24)27-14-15-4-2-1-3-5-15/h1-7,12H,8-11,14H2. The summed E-state index contributed by atoms with van der Waals surface area (Å²) in [6.45, 7) is 1.84. The Morgan fingerprint density at radius 1 is 1.15 bits per heavy atom. The molecule has 27 heavy (non-hydrogen) atoms. The summed E-state index contributed by atoms with van der Waals surface area (Å²) in [5.41, 5.74) is 1.62. The average Bonchev–Trinajstić information content (AvgIpc) is 2.72. The van der Waals surface area contributed by atoms with Gasteiger partial charge < -0.3 is 14.5 Å². The predicted molar refractivity (Wildman–Crippen MR) is 98.2 cm³/mol. The number of nitrogens with zero attached hydrogens (tertiary/aromatic N) is 4. The molecule has 0 aromatic heterocycles. The molecule has 0 N–H and O–H groups in total. The molecule has 0 bridgehead atoms. The Labute approximate surface area is 156 Å². The fourth-order valence-corrected chi connectivity index (χ4v) is 2.94. The van der Waals surface area contributed by atoms with Crippen LogP contribution in [0.1, 0.15) is 11.1 Å². The lowest BCUT2D eigenvalue weighted by molar-refractivity contribution is -0.384. The van der Waals surface area contributed by atoms with Gasteiger partial charge in [0.25, 0.3) is 5.69 Å². The third kappa shape index (κ3) is 4.33. The van der Waals surface area contributed by atoms with Gasteiger partial charge in [-0.1, -0.05) is 30.3 Å². The number of nitro groups is 1. The van der Waals surface area contributed by atoms with E-state index in [1.165, 1.54) is 18.2 Å². The summed E-state index contributed by atoms with van der Waals surface area (Å²) in [5.74, 6) is 0. The third-order valence-corrected chi connectivity index (χ3v) is 4.38. The molecule has 1 saturated heterocycles. The largest absolute Gasteiger partial charge is 0.445 e. The monoisotopic (exact) mass is 366 g/mol. The fraction of sp³-hybridized carbons (Fsp3) is 0.263. The summed E-state index contributed by atoms with van der Waals surface area (Å²) in [7, 11) is 0. The number of carbonyl (C=O) groups is 1. The molecule has 1 aliphatic rings. The maximum absolute atomic E-state index is 12.2. The van der Waals surface area contributed by atoms with E-state index in [1.54, 1.807) is 4.90 Å². The lowest BCUT2D eigenvalue weighted by atomic mass is 10.1. The number of hydrogen-bond acceptors (Lipinski definition) is 6. The lowest BCUT2D eigenvalue weighted by Gasteiger charge is -2.35. The van der Waals surface area contributed by atoms with Gasteiger partial charge in [0, 0.05) is 32.2 Å². The number of hydrogen-bond donors (Lipinski definition) is 0. The normalized spacial score (nSPS) is 13.7. The molecule has 0 saturated carbocycles. The number of carbonyl (C=O) groups excluding carboxylic acids is 1. The molecule has 1 heterocycles. The van der Waals surface area contributed by atoms with Crippen LogP contribution >= 0.6 is 0 Å². The van der Waals surface area contributed by atoms with Crippen LogP contribution < -0.4 is 4.90 Å². The molecular formula is C19H18N4O4. The second-order valence-corrected chi connectivity index (χ2v) is 6.09. The topological polar surface area (TPSA) is 99.7 Å². The van der Waals surface area contributed by atoms with Crippen LogP contribution in [0.15, 0.2) is 48.5 Å². The Bertz CT molecular complexity index is 871. The molecule has 0 radical (unpaired) electrons. The molecule has 0 unspecified atom stereocenters. The van der Waals surface area contributed by atoms with Crippen molar-refractivity contribution in [1.82, 2.24) is 4.90 Å². The Morgan fingerprint density at radius 2 is 1.85 bits per heavy atom. The van der Waals surface area contributed by atoms with Crippen molar-refractivity contribution in [3.63, 3.8) is 0 Å². The molecule has 1 amide bonds. The highest BCUT2D eigenvalue weighted by molar-refractivity contribution is 5.69. The third-order valence-electron chi connectivity index (χ3n) is 4.38. The van der Waals surface area contributed by atoms with E-state index in [1.807, 2.05) is 41.3 Å². The van der Waals surface area contributed by atoms with Gasteiger partial charge in [0.15, 0.2) is 0 Å². The molecule has 1 aliphatic heterocycles. The second kappa shape index (κ2) is 8.19. The summed E-state index contributed by atoms with van der Waals surface area (Å²) in [6.07, 6.45) is -0.404. The zero-order valence-electron chi connectivity index (χ0n) is 14.6. The minimum atomic E-state index is -0.461. The first-order valence-electron chi connectivity index (χ1n) is 8.47. The van der Waals surface area contributed by atoms with E-state index in [9.17, 15) is 14.9 Å². The number of ether oxygens (including phenoxy) is 1. The first-order chi connectivity index (χ1) is 13.1. The number of nitriles is 1. The summed E-state index contributed by atoms with van der Waals surface area (Å²) in [4.78, 5) is 26.4. The Morgan fingerprint density at radius 3 is 2.48 bits per heavy atom. The number of anilines is 1. The molecule has 0 atom stereocenters. The van der Waals surface area contributed by atoms with E-state index in [0.717, 1.165) is 5.56 Å². The Kier molecular flexibility index (Phi) is 5.52. The average molecular weight is 366 g/mol. The first-order valence-corrected chi connectivity index (χ1v) is 8.47. The molecular weight excluding hydrogens is 348 g/mol. The second-order valence-electron chi connectivity index (χ2n) is 6.09. The van der Waals surface area contributed by atoms with Crippen molar-refractivity contribution in [2.24, 2.45) is 0 Å². The van der Waals surface area contributed by atoms with Gasteiger partial charge in [-0.3, -0.25) is 10.1 Å². The molecule has 138 valence electrons. The van der Waals surface area contributed by atoms with Crippen molar-refractivity contribution >= 4 is 17.5 Å². The SMILES string of the molecule is N#Cc1ccc([N+](=O)[O-])c(N2CCN(C(=O)OCc3ccccc3)CC2)c1. The van der Waals surface area contributed by atoms with E-state index in [2.05, 4.69) is 0 Å². The van der Waals surface area contributed by atoms with Gasteiger partial charge in [0.2, 0.25) is 0 Å². The summed E-state index contributed by atoms with van der Waals surface area (Å²) in [6, 6.07) is 15.7. The quantitative estimate of drug-likeness (QED) is 0.609. The predicted octanol–water partition coefficient (Wildman–Crippen LogP) is 2.93. The van der Waals surface area contributed by atoms with Crippen LogP contribution in [-0.2, 0) is 11.3 Å². The Balaban J connectivity index is 1.61. The van der Waals surface area contributed by atoms with E-state index in [4.69, 9.17) is 10.00 Å². The molecule has 8 nitrogen and oxygen atoms in total. The van der Waals surface area contributed by atoms with Gasteiger partial charge >= 0.3 is 6.09 Å². The van der Waals surface area contributed by atoms with Crippen molar-refractivity contribution in [1.29, 1.82) is 5.26 Å². The van der Waals surface area contributed by atoms with Crippen molar-refractivity contribution in [3.8, 4) is 6.07 Å². The zero-order valence-corrected chi connectivity index (χ0v) is 14.6. The van der Waals surface area contributed by atoms with Crippen molar-refractivity contribution in [2.75, 3.05) is 31.1 Å². The maximum Gasteiger partial charge on any atom is 0.410 e. The highest BCUT2D eigenvalue weighted by Gasteiger charge is 2.26. The van der Waals surface area contributed by atoms with E-state index < -0.39 is 11.0 Å². The van der Waals surface area contributed by atoms with E-state index in [-0.39, 0.29) is 12.3 Å². The Hall–Kier alpha value is -3.60. The fourth-order valence-electron chi connectivity index (χ4n) is 2.94. The molecule has 0 spiro atoms. The number of amides is 1. The van der Waals surface area contributed by atoms with Gasteiger partial charge in [-0.2, -0.15) is 5.26 Å².